The van der Waals surface area contributed by atoms with E-state index in [0.717, 1.165) is 0 Å². The average Bonchev–Trinajstić information content (AvgIpc) is 2.29. The lowest BCUT2D eigenvalue weighted by atomic mass is 10.1. The molecular weight excluding hydrogens is 294 g/mol. The van der Waals surface area contributed by atoms with Gasteiger partial charge in [-0.3, -0.25) is 4.52 Å². The Morgan fingerprint density at radius 2 is 2.05 bits per heavy atom. The molecule has 0 aliphatic rings. The number of phosphoric acid groups is 2. The predicted octanol–water partition coefficient (Wildman–Crippen LogP) is 2.91. The van der Waals surface area contributed by atoms with Crippen LogP contribution in [0.2, 0.25) is 0 Å². The molecule has 0 bridgehead atoms. The summed E-state index contributed by atoms with van der Waals surface area (Å²) < 4.78 is 75.2. The van der Waals surface area contributed by atoms with Gasteiger partial charge in [-0.2, -0.15) is 4.31 Å². The highest BCUT2D eigenvalue weighted by Crippen LogP contribution is 2.57. The fourth-order valence-electron chi connectivity index (χ4n) is 0.764. The molecule has 0 rings (SSSR count). The lowest BCUT2D eigenvalue weighted by Gasteiger charge is -2.11. The first-order valence-corrected chi connectivity index (χ1v) is 7.98. The number of allylic oxidation sites excluding steroid dienone is 3. The largest absolute Gasteiger partial charge is 0.481 e. The molecule has 0 aliphatic carbocycles. The Bertz CT molecular complexity index is 632. The minimum absolute atomic E-state index is 0.360. The van der Waals surface area contributed by atoms with Crippen molar-refractivity contribution >= 4 is 15.6 Å². The van der Waals surface area contributed by atoms with Gasteiger partial charge in [0.15, 0.2) is 0 Å². The molecule has 0 aromatic carbocycles. The van der Waals surface area contributed by atoms with Gasteiger partial charge in [-0.05, 0) is 33.5 Å². The summed E-state index contributed by atoms with van der Waals surface area (Å²) in [6.07, 6.45) is -1.42. The van der Waals surface area contributed by atoms with Crippen LogP contribution in [0.15, 0.2) is 23.3 Å². The Labute approximate surface area is 121 Å². The van der Waals surface area contributed by atoms with Crippen LogP contribution in [0, 0.1) is 0 Å². The highest BCUT2D eigenvalue weighted by Gasteiger charge is 2.31. The summed E-state index contributed by atoms with van der Waals surface area (Å²) in [4.78, 5) is 26.1. The van der Waals surface area contributed by atoms with E-state index >= 15 is 0 Å². The van der Waals surface area contributed by atoms with E-state index in [1.54, 1.807) is 13.8 Å². The van der Waals surface area contributed by atoms with Crippen molar-refractivity contribution in [3.63, 3.8) is 0 Å². The molecule has 0 spiro atoms. The van der Waals surface area contributed by atoms with Crippen molar-refractivity contribution in [3.05, 3.63) is 23.3 Å². The van der Waals surface area contributed by atoms with Crippen molar-refractivity contribution < 1.29 is 40.9 Å². The van der Waals surface area contributed by atoms with Gasteiger partial charge in [-0.15, -0.1) is 0 Å². The Balaban J connectivity index is 5.61. The van der Waals surface area contributed by atoms with Gasteiger partial charge in [0.05, 0.1) is 7.98 Å². The van der Waals surface area contributed by atoms with E-state index < -0.39 is 47.1 Å². The fourth-order valence-corrected chi connectivity index (χ4v) is 2.26. The summed E-state index contributed by atoms with van der Waals surface area (Å²) in [5.41, 5.74) is -0.236. The van der Waals surface area contributed by atoms with E-state index in [1.807, 2.05) is 0 Å². The monoisotopic (exact) mass is 320 g/mol. The molecule has 0 saturated carbocycles. The molecule has 7 nitrogen and oxygen atoms in total. The molecule has 0 heterocycles. The quantitative estimate of drug-likeness (QED) is 0.465. The zero-order chi connectivity index (χ0) is 20.3. The highest BCUT2D eigenvalue weighted by molar-refractivity contribution is 7.60. The Morgan fingerprint density at radius 3 is 2.53 bits per heavy atom. The molecule has 0 aromatic heterocycles. The van der Waals surface area contributed by atoms with Crippen LogP contribution in [0.1, 0.15) is 41.7 Å². The molecule has 0 aliphatic heterocycles. The van der Waals surface area contributed by atoms with Crippen LogP contribution in [0.4, 0.5) is 0 Å². The van der Waals surface area contributed by atoms with E-state index in [-0.39, 0.29) is 6.42 Å². The molecular formula is C10H20O7P2. The maximum atomic E-state index is 11.3. The summed E-state index contributed by atoms with van der Waals surface area (Å²) in [6.45, 7) is -0.902. The summed E-state index contributed by atoms with van der Waals surface area (Å²) >= 11 is 0. The SMILES string of the molecule is [2H]/C(COP(=O)(O)OP(=O)(O)O)=C(/C([2H])([2H])[2H])C([2H])([2H])CC=C(C)C. The van der Waals surface area contributed by atoms with Gasteiger partial charge in [0.25, 0.3) is 0 Å². The molecule has 0 radical (unpaired) electrons. The second-order valence-electron chi connectivity index (χ2n) is 3.53. The molecule has 0 saturated heterocycles. The van der Waals surface area contributed by atoms with Crippen molar-refractivity contribution in [2.75, 3.05) is 6.61 Å². The third kappa shape index (κ3) is 12.5. The highest BCUT2D eigenvalue weighted by atomic mass is 31.3. The van der Waals surface area contributed by atoms with Crippen LogP contribution < -0.4 is 0 Å². The first-order valence-electron chi connectivity index (χ1n) is 7.96. The maximum absolute atomic E-state index is 11.3. The van der Waals surface area contributed by atoms with Gasteiger partial charge in [0, 0.05) is 6.85 Å². The minimum atomic E-state index is -5.37. The Hall–Kier alpha value is -0.260. The van der Waals surface area contributed by atoms with E-state index in [1.165, 1.54) is 6.08 Å². The smallest absolute Gasteiger partial charge is 0.302 e. The van der Waals surface area contributed by atoms with Gasteiger partial charge in [-0.1, -0.05) is 23.3 Å². The Morgan fingerprint density at radius 1 is 1.42 bits per heavy atom. The van der Waals surface area contributed by atoms with Crippen LogP contribution in [0.5, 0.6) is 0 Å². The second-order valence-corrected chi connectivity index (χ2v) is 6.36. The van der Waals surface area contributed by atoms with Crippen LogP contribution in [-0.2, 0) is 18.0 Å². The summed E-state index contributed by atoms with van der Waals surface area (Å²) in [6, 6.07) is -0.962. The van der Waals surface area contributed by atoms with E-state index in [9.17, 15) is 9.13 Å². The molecule has 0 fully saturated rings. The zero-order valence-corrected chi connectivity index (χ0v) is 12.1. The molecule has 1 atom stereocenters. The van der Waals surface area contributed by atoms with Crippen molar-refractivity contribution in [1.82, 2.24) is 0 Å². The van der Waals surface area contributed by atoms with Crippen molar-refractivity contribution in [2.24, 2.45) is 0 Å². The topological polar surface area (TPSA) is 113 Å². The van der Waals surface area contributed by atoms with Crippen LogP contribution in [0.25, 0.3) is 0 Å². The second kappa shape index (κ2) is 8.12. The predicted molar refractivity (Wildman–Crippen MR) is 71.3 cm³/mol. The summed E-state index contributed by atoms with van der Waals surface area (Å²) in [5.74, 6) is 0. The zero-order valence-electron chi connectivity index (χ0n) is 16.4. The standard InChI is InChI=1S/C10H20O7P2/c1-9(2)5-4-6-10(3)7-8-16-19(14,15)17-18(11,12)13/h5,7H,4,6,8H2,1-3H3,(H,14,15)(H2,11,12,13)/b10-7+/i3D3,6D2,7D. The van der Waals surface area contributed by atoms with Gasteiger partial charge in [0.2, 0.25) is 0 Å². The molecule has 112 valence electrons. The normalized spacial score (nSPS) is 22.6. The minimum Gasteiger partial charge on any atom is -0.302 e. The van der Waals surface area contributed by atoms with Crippen molar-refractivity contribution in [1.29, 1.82) is 0 Å². The van der Waals surface area contributed by atoms with Crippen molar-refractivity contribution in [3.8, 4) is 0 Å². The van der Waals surface area contributed by atoms with Gasteiger partial charge in [0.1, 0.15) is 0 Å². The molecule has 9 heteroatoms. The lowest BCUT2D eigenvalue weighted by molar-refractivity contribution is 0.191. The van der Waals surface area contributed by atoms with E-state index in [4.69, 9.17) is 22.9 Å². The summed E-state index contributed by atoms with van der Waals surface area (Å²) in [7, 11) is -10.6. The third-order valence-electron chi connectivity index (χ3n) is 1.48. The molecule has 19 heavy (non-hydrogen) atoms. The third-order valence-corrected chi connectivity index (χ3v) is 3.61. The molecule has 1 unspecified atom stereocenters. The number of hydrogen-bond acceptors (Lipinski definition) is 4. The number of rotatable bonds is 8. The lowest BCUT2D eigenvalue weighted by Crippen LogP contribution is -1.94. The van der Waals surface area contributed by atoms with Crippen LogP contribution in [-0.4, -0.2) is 21.3 Å². The first-order chi connectivity index (χ1) is 10.9. The fraction of sp³-hybridized carbons (Fsp3) is 0.600. The van der Waals surface area contributed by atoms with Gasteiger partial charge < -0.3 is 14.7 Å². The molecule has 0 aromatic rings. The van der Waals surface area contributed by atoms with Gasteiger partial charge >= 0.3 is 15.6 Å². The van der Waals surface area contributed by atoms with Crippen molar-refractivity contribution in [2.45, 2.75) is 33.5 Å². The average molecular weight is 320 g/mol. The van der Waals surface area contributed by atoms with Crippen LogP contribution in [0.3, 0.4) is 0 Å². The maximum Gasteiger partial charge on any atom is 0.481 e. The van der Waals surface area contributed by atoms with Crippen LogP contribution >= 0.6 is 15.6 Å². The first kappa shape index (κ1) is 10.5. The molecule has 3 N–H and O–H groups in total. The Kier molecular flexibility index (Phi) is 4.47. The number of phosphoric ester groups is 1. The number of hydrogen-bond donors (Lipinski definition) is 3. The van der Waals surface area contributed by atoms with Gasteiger partial charge in [-0.25, -0.2) is 9.13 Å². The molecule has 0 amide bonds. The van der Waals surface area contributed by atoms with E-state index in [0.29, 0.717) is 5.57 Å². The summed E-state index contributed by atoms with van der Waals surface area (Å²) in [5, 5.41) is 0. The van der Waals surface area contributed by atoms with E-state index in [2.05, 4.69) is 8.83 Å².